The first-order chi connectivity index (χ1) is 8.15. The van der Waals surface area contributed by atoms with Gasteiger partial charge in [0.05, 0.1) is 0 Å². The van der Waals surface area contributed by atoms with Crippen molar-refractivity contribution >= 4 is 34.6 Å². The average molecular weight is 360 g/mol. The second-order valence-corrected chi connectivity index (χ2v) is 12.6. The van der Waals surface area contributed by atoms with Crippen molar-refractivity contribution in [3.8, 4) is 0 Å². The molecular formula is C12H10IO3P. The fourth-order valence-corrected chi connectivity index (χ4v) is 7.93. The smallest absolute Gasteiger partial charge is 0.297 e. The van der Waals surface area contributed by atoms with Crippen molar-refractivity contribution in [1.82, 2.24) is 0 Å². The van der Waals surface area contributed by atoms with Crippen LogP contribution in [0, 0.1) is 0 Å². The second kappa shape index (κ2) is 5.10. The van der Waals surface area contributed by atoms with Crippen LogP contribution in [0.5, 0.6) is 0 Å². The molecule has 0 amide bonds. The van der Waals surface area contributed by atoms with Crippen LogP contribution >= 0.6 is 24.0 Å². The van der Waals surface area contributed by atoms with E-state index in [1.54, 1.807) is 60.7 Å². The molecule has 2 aromatic carbocycles. The molecule has 17 heavy (non-hydrogen) atoms. The number of hydrogen-bond donors (Lipinski definition) is 0. The van der Waals surface area contributed by atoms with Gasteiger partial charge in [-0.25, -0.2) is 6.14 Å². The molecule has 88 valence electrons. The Morgan fingerprint density at radius 2 is 1.06 bits per heavy atom. The molecule has 0 aliphatic carbocycles. The summed E-state index contributed by atoms with van der Waals surface area (Å²) < 4.78 is 35.7. The van der Waals surface area contributed by atoms with Crippen molar-refractivity contribution in [3.63, 3.8) is 0 Å². The Labute approximate surface area is 106 Å². The van der Waals surface area contributed by atoms with Crippen LogP contribution < -0.4 is 10.6 Å². The van der Waals surface area contributed by atoms with Gasteiger partial charge in [0.2, 0.25) is 0 Å². The van der Waals surface area contributed by atoms with E-state index in [-0.39, 0.29) is 0 Å². The minimum absolute atomic E-state index is 0.390. The van der Waals surface area contributed by atoms with Gasteiger partial charge in [0, 0.05) is 10.6 Å². The van der Waals surface area contributed by atoms with E-state index in [1.807, 2.05) is 0 Å². The maximum atomic E-state index is 12.8. The van der Waals surface area contributed by atoms with E-state index in [2.05, 4.69) is 0 Å². The standard InChI is InChI=1S/C12H10IO3P/c14-13(15)17(16,11-7-3-1-4-8-11)12-9-5-2-6-10-12/h1-10H. The van der Waals surface area contributed by atoms with E-state index in [0.29, 0.717) is 10.6 Å². The molecule has 0 aromatic heterocycles. The molecule has 0 spiro atoms. The third-order valence-electron chi connectivity index (χ3n) is 2.37. The van der Waals surface area contributed by atoms with Crippen molar-refractivity contribution < 1.29 is 10.7 Å². The molecule has 3 nitrogen and oxygen atoms in total. The lowest BCUT2D eigenvalue weighted by atomic mass is 10.4. The summed E-state index contributed by atoms with van der Waals surface area (Å²) in [6, 6.07) is 16.8. The minimum atomic E-state index is -3.98. The first-order valence-corrected chi connectivity index (χ1v) is 11.2. The van der Waals surface area contributed by atoms with Crippen LogP contribution in [-0.4, -0.2) is 0 Å². The van der Waals surface area contributed by atoms with Gasteiger partial charge in [-0.1, -0.05) is 60.7 Å². The molecule has 0 unspecified atom stereocenters. The molecule has 0 saturated heterocycles. The third kappa shape index (κ3) is 2.33. The molecular weight excluding hydrogens is 350 g/mol. The van der Waals surface area contributed by atoms with Crippen molar-refractivity contribution in [2.24, 2.45) is 0 Å². The fraction of sp³-hybridized carbons (Fsp3) is 0. The summed E-state index contributed by atoms with van der Waals surface area (Å²) >= 11 is -3.98. The summed E-state index contributed by atoms with van der Waals surface area (Å²) in [5.74, 6) is 0. The van der Waals surface area contributed by atoms with Crippen LogP contribution in [0.25, 0.3) is 0 Å². The normalized spacial score (nSPS) is 11.6. The Bertz CT molecular complexity index is 569. The molecule has 2 rings (SSSR count). The lowest BCUT2D eigenvalue weighted by Crippen LogP contribution is -2.11. The fourth-order valence-electron chi connectivity index (χ4n) is 1.55. The second-order valence-electron chi connectivity index (χ2n) is 3.40. The zero-order valence-electron chi connectivity index (χ0n) is 8.82. The van der Waals surface area contributed by atoms with E-state index >= 15 is 0 Å². The Balaban J connectivity index is 2.69. The van der Waals surface area contributed by atoms with Gasteiger partial charge >= 0.3 is 19.2 Å². The van der Waals surface area contributed by atoms with Gasteiger partial charge < -0.3 is 0 Å². The zero-order valence-corrected chi connectivity index (χ0v) is 11.9. The Kier molecular flexibility index (Phi) is 3.74. The van der Waals surface area contributed by atoms with Gasteiger partial charge in [-0.3, -0.25) is 4.57 Å². The Morgan fingerprint density at radius 1 is 0.706 bits per heavy atom. The number of halogens is 1. The van der Waals surface area contributed by atoms with E-state index in [1.165, 1.54) is 0 Å². The number of hydrogen-bond acceptors (Lipinski definition) is 3. The largest absolute Gasteiger partial charge is 0.374 e. The van der Waals surface area contributed by atoms with Gasteiger partial charge in [0.15, 0.2) is 0 Å². The summed E-state index contributed by atoms with van der Waals surface area (Å²) in [5.41, 5.74) is 0. The highest BCUT2D eigenvalue weighted by Crippen LogP contribution is 2.60. The van der Waals surface area contributed by atoms with Crippen LogP contribution in [-0.2, 0) is 10.7 Å². The molecule has 0 bridgehead atoms. The molecule has 0 radical (unpaired) electrons. The molecule has 0 heterocycles. The van der Waals surface area contributed by atoms with Crippen molar-refractivity contribution in [2.45, 2.75) is 0 Å². The molecule has 5 heteroatoms. The Morgan fingerprint density at radius 3 is 1.35 bits per heavy atom. The van der Waals surface area contributed by atoms with Gasteiger partial charge in [-0.2, -0.15) is 0 Å². The quantitative estimate of drug-likeness (QED) is 0.624. The van der Waals surface area contributed by atoms with Crippen molar-refractivity contribution in [1.29, 1.82) is 0 Å². The highest BCUT2D eigenvalue weighted by molar-refractivity contribution is 14.2. The topological polar surface area (TPSA) is 51.2 Å². The van der Waals surface area contributed by atoms with E-state index in [4.69, 9.17) is 0 Å². The molecule has 0 atom stereocenters. The maximum Gasteiger partial charge on any atom is 0.374 e. The number of rotatable bonds is 3. The van der Waals surface area contributed by atoms with Crippen molar-refractivity contribution in [2.75, 3.05) is 0 Å². The highest BCUT2D eigenvalue weighted by Gasteiger charge is 2.33. The summed E-state index contributed by atoms with van der Waals surface area (Å²) in [4.78, 5) is -3.45. The predicted molar refractivity (Wildman–Crippen MR) is 75.2 cm³/mol. The lowest BCUT2D eigenvalue weighted by Gasteiger charge is -2.10. The highest BCUT2D eigenvalue weighted by atomic mass is 127. The molecule has 0 fully saturated rings. The van der Waals surface area contributed by atoms with Crippen LogP contribution in [0.1, 0.15) is 0 Å². The van der Waals surface area contributed by atoms with Gasteiger partial charge in [0.1, 0.15) is 0 Å². The van der Waals surface area contributed by atoms with Crippen LogP contribution in [0.4, 0.5) is 0 Å². The summed E-state index contributed by atoms with van der Waals surface area (Å²) in [6.07, 6.45) is 0. The van der Waals surface area contributed by atoms with E-state index < -0.39 is 24.0 Å². The zero-order chi connectivity index (χ0) is 12.3. The summed E-state index contributed by atoms with van der Waals surface area (Å²) in [6.45, 7) is 0. The molecule has 0 aliphatic rings. The van der Waals surface area contributed by atoms with Crippen LogP contribution in [0.3, 0.4) is 0 Å². The number of benzene rings is 2. The monoisotopic (exact) mass is 360 g/mol. The SMILES string of the molecule is O=I(=O)P(=O)(c1ccccc1)c1ccccc1. The van der Waals surface area contributed by atoms with Gasteiger partial charge in [-0.05, 0) is 0 Å². The molecule has 0 aliphatic heterocycles. The third-order valence-corrected chi connectivity index (χ3v) is 11.4. The van der Waals surface area contributed by atoms with Crippen LogP contribution in [0.2, 0.25) is 0 Å². The average Bonchev–Trinajstić information content (AvgIpc) is 2.39. The van der Waals surface area contributed by atoms with Gasteiger partial charge in [-0.15, -0.1) is 0 Å². The summed E-state index contributed by atoms with van der Waals surface area (Å²) in [5, 5.41) is 0.780. The van der Waals surface area contributed by atoms with Crippen LogP contribution in [0.15, 0.2) is 60.7 Å². The van der Waals surface area contributed by atoms with Crippen molar-refractivity contribution in [3.05, 3.63) is 60.7 Å². The van der Waals surface area contributed by atoms with E-state index in [9.17, 15) is 10.7 Å². The lowest BCUT2D eigenvalue weighted by molar-refractivity contribution is 0.591. The van der Waals surface area contributed by atoms with Gasteiger partial charge in [0.25, 0.3) is 4.78 Å². The molecule has 2 aromatic rings. The minimum Gasteiger partial charge on any atom is -0.297 e. The molecule has 0 N–H and O–H groups in total. The molecule has 0 saturated carbocycles. The predicted octanol–water partition coefficient (Wildman–Crippen LogP) is 3.11. The maximum absolute atomic E-state index is 12.8. The first kappa shape index (κ1) is 12.5. The first-order valence-electron chi connectivity index (χ1n) is 4.93. The Hall–Kier alpha value is -1.00. The summed E-state index contributed by atoms with van der Waals surface area (Å²) in [7, 11) is 0. The van der Waals surface area contributed by atoms with E-state index in [0.717, 1.165) is 0 Å².